The predicted molar refractivity (Wildman–Crippen MR) is 68.3 cm³/mol. The summed E-state index contributed by atoms with van der Waals surface area (Å²) in [5.74, 6) is -2.02. The molecule has 0 aliphatic carbocycles. The predicted octanol–water partition coefficient (Wildman–Crippen LogP) is 2.72. The summed E-state index contributed by atoms with van der Waals surface area (Å²) in [5, 5.41) is 14.2. The zero-order valence-electron chi connectivity index (χ0n) is 10.4. The molecule has 6 heteroatoms. The second kappa shape index (κ2) is 5.03. The molecule has 0 bridgehead atoms. The molecule has 100 valence electrons. The highest BCUT2D eigenvalue weighted by molar-refractivity contribution is 6.30. The molecule has 0 saturated heterocycles. The van der Waals surface area contributed by atoms with Crippen LogP contribution in [0.15, 0.2) is 34.9 Å². The topological polar surface area (TPSA) is 72.6 Å². The minimum absolute atomic E-state index is 0.109. The second-order valence-electron chi connectivity index (χ2n) is 4.16. The number of esters is 1. The highest BCUT2D eigenvalue weighted by atomic mass is 35.5. The van der Waals surface area contributed by atoms with E-state index in [9.17, 15) is 9.90 Å². The van der Waals surface area contributed by atoms with Crippen LogP contribution >= 0.6 is 11.6 Å². The van der Waals surface area contributed by atoms with Crippen LogP contribution in [0.2, 0.25) is 5.02 Å². The summed E-state index contributed by atoms with van der Waals surface area (Å²) in [7, 11) is 0. The first kappa shape index (κ1) is 13.6. The number of halogens is 1. The zero-order valence-corrected chi connectivity index (χ0v) is 11.1. The SMILES string of the molecule is CC(=O)O[C@@](C)(O)c1cc(-c2cccc(Cl)c2)on1. The van der Waals surface area contributed by atoms with Gasteiger partial charge >= 0.3 is 5.97 Å². The standard InChI is InChI=1S/C13H12ClNO4/c1-8(16)18-13(2,17)12-7-11(19-15-12)9-4-3-5-10(14)6-9/h3-7,17H,1-2H3/t13-/m1/s1. The lowest BCUT2D eigenvalue weighted by Crippen LogP contribution is -2.27. The minimum atomic E-state index is -1.83. The Balaban J connectivity index is 2.31. The van der Waals surface area contributed by atoms with Crippen LogP contribution in [0.3, 0.4) is 0 Å². The lowest BCUT2D eigenvalue weighted by atomic mass is 10.1. The molecule has 0 unspecified atom stereocenters. The number of ether oxygens (including phenoxy) is 1. The van der Waals surface area contributed by atoms with Crippen molar-refractivity contribution in [2.75, 3.05) is 0 Å². The molecule has 0 fully saturated rings. The van der Waals surface area contributed by atoms with Gasteiger partial charge < -0.3 is 14.4 Å². The van der Waals surface area contributed by atoms with Gasteiger partial charge in [0.25, 0.3) is 5.79 Å². The summed E-state index contributed by atoms with van der Waals surface area (Å²) in [6.45, 7) is 2.51. The van der Waals surface area contributed by atoms with Gasteiger partial charge in [-0.25, -0.2) is 0 Å². The fraction of sp³-hybridized carbons (Fsp3) is 0.231. The third-order valence-corrected chi connectivity index (χ3v) is 2.67. The van der Waals surface area contributed by atoms with Gasteiger partial charge in [-0.1, -0.05) is 28.9 Å². The van der Waals surface area contributed by atoms with E-state index in [0.717, 1.165) is 0 Å². The summed E-state index contributed by atoms with van der Waals surface area (Å²) in [5.41, 5.74) is 0.822. The minimum Gasteiger partial charge on any atom is -0.427 e. The van der Waals surface area contributed by atoms with Crippen LogP contribution in [0.4, 0.5) is 0 Å². The van der Waals surface area contributed by atoms with Crippen molar-refractivity contribution in [2.45, 2.75) is 19.6 Å². The quantitative estimate of drug-likeness (QED) is 0.692. The Morgan fingerprint density at radius 3 is 2.84 bits per heavy atom. The maximum atomic E-state index is 10.9. The van der Waals surface area contributed by atoms with Crippen LogP contribution in [0.1, 0.15) is 19.5 Å². The van der Waals surface area contributed by atoms with E-state index in [1.807, 2.05) is 0 Å². The van der Waals surface area contributed by atoms with E-state index < -0.39 is 11.8 Å². The van der Waals surface area contributed by atoms with Crippen molar-refractivity contribution in [1.29, 1.82) is 0 Å². The molecule has 0 radical (unpaired) electrons. The Morgan fingerprint density at radius 1 is 1.47 bits per heavy atom. The number of benzene rings is 1. The molecule has 0 saturated carbocycles. The number of aliphatic hydroxyl groups is 1. The maximum Gasteiger partial charge on any atom is 0.305 e. The molecular weight excluding hydrogens is 270 g/mol. The van der Waals surface area contributed by atoms with Crippen LogP contribution in [0.25, 0.3) is 11.3 Å². The third kappa shape index (κ3) is 3.13. The van der Waals surface area contributed by atoms with Crippen molar-refractivity contribution in [2.24, 2.45) is 0 Å². The van der Waals surface area contributed by atoms with Crippen LogP contribution < -0.4 is 0 Å². The highest BCUT2D eigenvalue weighted by Gasteiger charge is 2.31. The molecule has 2 aromatic rings. The molecule has 0 aliphatic rings. The number of hydrogen-bond acceptors (Lipinski definition) is 5. The van der Waals surface area contributed by atoms with Crippen molar-refractivity contribution < 1.29 is 19.2 Å². The monoisotopic (exact) mass is 281 g/mol. The Hall–Kier alpha value is -1.85. The van der Waals surface area contributed by atoms with Crippen LogP contribution in [0, 0.1) is 0 Å². The van der Waals surface area contributed by atoms with Crippen LogP contribution in [-0.4, -0.2) is 16.2 Å². The van der Waals surface area contributed by atoms with Crippen molar-refractivity contribution in [3.05, 3.63) is 41.0 Å². The van der Waals surface area contributed by atoms with E-state index in [4.69, 9.17) is 20.9 Å². The fourth-order valence-electron chi connectivity index (χ4n) is 1.60. The van der Waals surface area contributed by atoms with E-state index in [1.54, 1.807) is 24.3 Å². The number of nitrogens with zero attached hydrogens (tertiary/aromatic N) is 1. The zero-order chi connectivity index (χ0) is 14.0. The number of aromatic nitrogens is 1. The molecule has 1 aromatic carbocycles. The Bertz CT molecular complexity index is 606. The Labute approximate surface area is 114 Å². The van der Waals surface area contributed by atoms with E-state index >= 15 is 0 Å². The smallest absolute Gasteiger partial charge is 0.305 e. The van der Waals surface area contributed by atoms with Crippen molar-refractivity contribution in [1.82, 2.24) is 5.16 Å². The largest absolute Gasteiger partial charge is 0.427 e. The van der Waals surface area contributed by atoms with E-state index in [2.05, 4.69) is 5.16 Å². The lowest BCUT2D eigenvalue weighted by molar-refractivity contribution is -0.206. The first-order chi connectivity index (χ1) is 8.88. The lowest BCUT2D eigenvalue weighted by Gasteiger charge is -2.19. The van der Waals surface area contributed by atoms with Gasteiger partial charge in [0, 0.05) is 30.5 Å². The number of carbonyl (C=O) groups is 1. The third-order valence-electron chi connectivity index (χ3n) is 2.44. The summed E-state index contributed by atoms with van der Waals surface area (Å²) >= 11 is 5.88. The average molecular weight is 282 g/mol. The molecule has 5 nitrogen and oxygen atoms in total. The molecule has 0 amide bonds. The molecule has 0 aliphatic heterocycles. The van der Waals surface area contributed by atoms with Crippen LogP contribution in [-0.2, 0) is 15.3 Å². The van der Waals surface area contributed by atoms with Crippen molar-refractivity contribution in [3.8, 4) is 11.3 Å². The maximum absolute atomic E-state index is 10.9. The van der Waals surface area contributed by atoms with Gasteiger partial charge in [0.1, 0.15) is 0 Å². The summed E-state index contributed by atoms with van der Waals surface area (Å²) < 4.78 is 9.88. The van der Waals surface area contributed by atoms with Crippen molar-refractivity contribution >= 4 is 17.6 Å². The van der Waals surface area contributed by atoms with E-state index in [1.165, 1.54) is 19.9 Å². The van der Waals surface area contributed by atoms with Crippen molar-refractivity contribution in [3.63, 3.8) is 0 Å². The molecule has 1 aromatic heterocycles. The highest BCUT2D eigenvalue weighted by Crippen LogP contribution is 2.28. The molecule has 1 N–H and O–H groups in total. The Kier molecular flexibility index (Phi) is 3.59. The molecule has 2 rings (SSSR count). The molecule has 1 heterocycles. The summed E-state index contributed by atoms with van der Waals surface area (Å²) in [6.07, 6.45) is 0. The molecular formula is C13H12ClNO4. The summed E-state index contributed by atoms with van der Waals surface area (Å²) in [6, 6.07) is 8.49. The van der Waals surface area contributed by atoms with Gasteiger partial charge in [0.2, 0.25) is 0 Å². The van der Waals surface area contributed by atoms with Gasteiger partial charge in [-0.2, -0.15) is 0 Å². The number of carbonyl (C=O) groups excluding carboxylic acids is 1. The first-order valence-electron chi connectivity index (χ1n) is 5.53. The van der Waals surface area contributed by atoms with Gasteiger partial charge in [-0.15, -0.1) is 0 Å². The second-order valence-corrected chi connectivity index (χ2v) is 4.60. The molecule has 1 atom stereocenters. The molecule has 0 spiro atoms. The van der Waals surface area contributed by atoms with E-state index in [-0.39, 0.29) is 5.69 Å². The number of hydrogen-bond donors (Lipinski definition) is 1. The fourth-order valence-corrected chi connectivity index (χ4v) is 1.79. The first-order valence-corrected chi connectivity index (χ1v) is 5.91. The van der Waals surface area contributed by atoms with Crippen LogP contribution in [0.5, 0.6) is 0 Å². The number of rotatable bonds is 3. The summed E-state index contributed by atoms with van der Waals surface area (Å²) in [4.78, 5) is 10.9. The molecule has 19 heavy (non-hydrogen) atoms. The van der Waals surface area contributed by atoms with Gasteiger partial charge in [0.15, 0.2) is 11.5 Å². The average Bonchev–Trinajstić information content (AvgIpc) is 2.77. The van der Waals surface area contributed by atoms with E-state index in [0.29, 0.717) is 16.3 Å². The van der Waals surface area contributed by atoms with Gasteiger partial charge in [0.05, 0.1) is 0 Å². The normalized spacial score (nSPS) is 13.9. The van der Waals surface area contributed by atoms with Gasteiger partial charge in [-0.05, 0) is 12.1 Å². The van der Waals surface area contributed by atoms with Gasteiger partial charge in [-0.3, -0.25) is 4.79 Å². The Morgan fingerprint density at radius 2 is 2.21 bits per heavy atom.